The Kier molecular flexibility index (Phi) is 4.47. The van der Waals surface area contributed by atoms with Gasteiger partial charge in [-0.05, 0) is 30.7 Å². The van der Waals surface area contributed by atoms with Gasteiger partial charge in [0.1, 0.15) is 6.04 Å². The highest BCUT2D eigenvalue weighted by Crippen LogP contribution is 2.24. The predicted octanol–water partition coefficient (Wildman–Crippen LogP) is 2.47. The van der Waals surface area contributed by atoms with Crippen molar-refractivity contribution in [3.05, 3.63) is 70.3 Å². The van der Waals surface area contributed by atoms with E-state index in [1.54, 1.807) is 11.9 Å². The van der Waals surface area contributed by atoms with E-state index in [4.69, 9.17) is 0 Å². The zero-order chi connectivity index (χ0) is 18.0. The molecular formula is C18H17N3O4. The zero-order valence-corrected chi connectivity index (χ0v) is 13.7. The van der Waals surface area contributed by atoms with Gasteiger partial charge in [-0.3, -0.25) is 19.7 Å². The average molecular weight is 339 g/mol. The summed E-state index contributed by atoms with van der Waals surface area (Å²) in [4.78, 5) is 38.5. The molecule has 7 nitrogen and oxygen atoms in total. The molecule has 2 amide bonds. The van der Waals surface area contributed by atoms with Crippen molar-refractivity contribution in [1.29, 1.82) is 0 Å². The third-order valence-corrected chi connectivity index (χ3v) is 4.36. The van der Waals surface area contributed by atoms with Crippen LogP contribution in [0, 0.1) is 10.1 Å². The third-order valence-electron chi connectivity index (χ3n) is 4.36. The summed E-state index contributed by atoms with van der Waals surface area (Å²) in [5, 5.41) is 10.7. The molecule has 1 aliphatic heterocycles. The topological polar surface area (TPSA) is 83.8 Å². The van der Waals surface area contributed by atoms with E-state index < -0.39 is 11.0 Å². The number of carbonyl (C=O) groups is 2. The van der Waals surface area contributed by atoms with Crippen molar-refractivity contribution in [2.24, 2.45) is 0 Å². The monoisotopic (exact) mass is 339 g/mol. The van der Waals surface area contributed by atoms with Crippen LogP contribution < -0.4 is 4.90 Å². The highest BCUT2D eigenvalue weighted by Gasteiger charge is 2.37. The molecule has 25 heavy (non-hydrogen) atoms. The fraction of sp³-hybridized carbons (Fsp3) is 0.222. The van der Waals surface area contributed by atoms with Crippen molar-refractivity contribution in [2.75, 3.05) is 18.5 Å². The minimum absolute atomic E-state index is 0.0774. The van der Waals surface area contributed by atoms with Crippen LogP contribution in [0.5, 0.6) is 0 Å². The molecule has 0 saturated carbocycles. The van der Waals surface area contributed by atoms with Crippen molar-refractivity contribution < 1.29 is 14.5 Å². The molecule has 0 aliphatic carbocycles. The molecule has 3 rings (SSSR count). The van der Waals surface area contributed by atoms with Crippen LogP contribution in [0.3, 0.4) is 0 Å². The molecule has 2 aromatic rings. The molecule has 7 heteroatoms. The number of likely N-dealkylation sites (N-methyl/N-ethyl adjacent to an activating group) is 1. The van der Waals surface area contributed by atoms with E-state index in [-0.39, 0.29) is 17.5 Å². The average Bonchev–Trinajstić information content (AvgIpc) is 3.02. The van der Waals surface area contributed by atoms with Crippen LogP contribution in [0.1, 0.15) is 16.8 Å². The number of hydrogen-bond acceptors (Lipinski definition) is 4. The van der Waals surface area contributed by atoms with Gasteiger partial charge in [0.15, 0.2) is 0 Å². The van der Waals surface area contributed by atoms with Gasteiger partial charge >= 0.3 is 0 Å². The number of para-hydroxylation sites is 1. The fourth-order valence-electron chi connectivity index (χ4n) is 2.96. The lowest BCUT2D eigenvalue weighted by Crippen LogP contribution is -2.43. The van der Waals surface area contributed by atoms with Crippen molar-refractivity contribution >= 4 is 23.2 Å². The van der Waals surface area contributed by atoms with Gasteiger partial charge in [-0.25, -0.2) is 0 Å². The summed E-state index contributed by atoms with van der Waals surface area (Å²) in [6.45, 7) is 0.547. The van der Waals surface area contributed by atoms with Crippen LogP contribution in [0.2, 0.25) is 0 Å². The minimum atomic E-state index is -0.539. The van der Waals surface area contributed by atoms with Crippen LogP contribution in [0.15, 0.2) is 54.6 Å². The Labute approximate surface area is 144 Å². The molecule has 0 N–H and O–H groups in total. The highest BCUT2D eigenvalue weighted by atomic mass is 16.6. The molecule has 1 fully saturated rings. The molecule has 0 bridgehead atoms. The molecule has 0 spiro atoms. The molecule has 1 saturated heterocycles. The molecule has 1 aliphatic rings. The summed E-state index contributed by atoms with van der Waals surface area (Å²) in [5.74, 6) is -0.452. The van der Waals surface area contributed by atoms with Crippen LogP contribution in [0.4, 0.5) is 11.4 Å². The van der Waals surface area contributed by atoms with E-state index in [0.29, 0.717) is 18.5 Å². The first-order chi connectivity index (χ1) is 12.0. The highest BCUT2D eigenvalue weighted by molar-refractivity contribution is 6.03. The van der Waals surface area contributed by atoms with E-state index in [9.17, 15) is 19.7 Å². The quantitative estimate of drug-likeness (QED) is 0.633. The lowest BCUT2D eigenvalue weighted by atomic mass is 10.1. The lowest BCUT2D eigenvalue weighted by Gasteiger charge is -2.24. The predicted molar refractivity (Wildman–Crippen MR) is 92.4 cm³/mol. The van der Waals surface area contributed by atoms with Crippen molar-refractivity contribution in [1.82, 2.24) is 4.90 Å². The Hall–Kier alpha value is -3.22. The van der Waals surface area contributed by atoms with Gasteiger partial charge in [-0.1, -0.05) is 18.2 Å². The maximum absolute atomic E-state index is 12.7. The SMILES string of the molecule is CN(C(=O)c1ccc([N+](=O)[O-])cc1)[C@@H]1CCN(c2ccccc2)C1=O. The summed E-state index contributed by atoms with van der Waals surface area (Å²) in [5.41, 5.74) is 1.05. The Bertz CT molecular complexity index is 805. The molecule has 0 aromatic heterocycles. The normalized spacial score (nSPS) is 16.8. The Morgan fingerprint density at radius 2 is 1.80 bits per heavy atom. The number of amides is 2. The number of hydrogen-bond donors (Lipinski definition) is 0. The number of rotatable bonds is 4. The molecule has 2 aromatic carbocycles. The maximum atomic E-state index is 12.7. The van der Waals surface area contributed by atoms with Crippen LogP contribution in [-0.4, -0.2) is 41.3 Å². The number of nitro benzene ring substituents is 1. The van der Waals surface area contributed by atoms with Crippen molar-refractivity contribution in [3.63, 3.8) is 0 Å². The summed E-state index contributed by atoms with van der Waals surface area (Å²) >= 11 is 0. The van der Waals surface area contributed by atoms with Gasteiger partial charge in [0.05, 0.1) is 4.92 Å². The van der Waals surface area contributed by atoms with Gasteiger partial charge in [-0.15, -0.1) is 0 Å². The van der Waals surface area contributed by atoms with Gasteiger partial charge < -0.3 is 9.80 Å². The Morgan fingerprint density at radius 1 is 1.16 bits per heavy atom. The zero-order valence-electron chi connectivity index (χ0n) is 13.7. The van der Waals surface area contributed by atoms with Crippen molar-refractivity contribution in [2.45, 2.75) is 12.5 Å². The molecular weight excluding hydrogens is 322 g/mol. The second-order valence-electron chi connectivity index (χ2n) is 5.85. The number of carbonyl (C=O) groups excluding carboxylic acids is 2. The van der Waals surface area contributed by atoms with E-state index in [0.717, 1.165) is 5.69 Å². The van der Waals surface area contributed by atoms with Gasteiger partial charge in [0, 0.05) is 37.0 Å². The van der Waals surface area contributed by atoms with Crippen molar-refractivity contribution in [3.8, 4) is 0 Å². The number of benzene rings is 2. The molecule has 1 heterocycles. The summed E-state index contributed by atoms with van der Waals surface area (Å²) < 4.78 is 0. The number of anilines is 1. The smallest absolute Gasteiger partial charge is 0.269 e. The first-order valence-electron chi connectivity index (χ1n) is 7.87. The first-order valence-corrected chi connectivity index (χ1v) is 7.87. The first kappa shape index (κ1) is 16.6. The minimum Gasteiger partial charge on any atom is -0.330 e. The van der Waals surface area contributed by atoms with Crippen LogP contribution in [0.25, 0.3) is 0 Å². The molecule has 1 atom stereocenters. The summed E-state index contributed by atoms with van der Waals surface area (Å²) in [6, 6.07) is 14.2. The number of nitro groups is 1. The Balaban J connectivity index is 1.74. The standard InChI is InChI=1S/C18H17N3O4/c1-19(17(22)13-7-9-15(10-8-13)21(24)25)16-11-12-20(18(16)23)14-5-3-2-4-6-14/h2-10,16H,11-12H2,1H3/t16-/m1/s1. The van der Waals surface area contributed by atoms with E-state index >= 15 is 0 Å². The second kappa shape index (κ2) is 6.72. The summed E-state index contributed by atoms with van der Waals surface area (Å²) in [6.07, 6.45) is 0.545. The number of nitrogens with zero attached hydrogens (tertiary/aromatic N) is 3. The second-order valence-corrected chi connectivity index (χ2v) is 5.85. The maximum Gasteiger partial charge on any atom is 0.269 e. The largest absolute Gasteiger partial charge is 0.330 e. The number of non-ortho nitro benzene ring substituents is 1. The lowest BCUT2D eigenvalue weighted by molar-refractivity contribution is -0.384. The van der Waals surface area contributed by atoms with E-state index in [2.05, 4.69) is 0 Å². The van der Waals surface area contributed by atoms with Gasteiger partial charge in [-0.2, -0.15) is 0 Å². The molecule has 0 unspecified atom stereocenters. The molecule has 128 valence electrons. The van der Waals surface area contributed by atoms with Crippen LogP contribution >= 0.6 is 0 Å². The third kappa shape index (κ3) is 3.21. The summed E-state index contributed by atoms with van der Waals surface area (Å²) in [7, 11) is 1.58. The van der Waals surface area contributed by atoms with Gasteiger partial charge in [0.2, 0.25) is 5.91 Å². The van der Waals surface area contributed by atoms with E-state index in [1.165, 1.54) is 29.2 Å². The molecule has 0 radical (unpaired) electrons. The van der Waals surface area contributed by atoms with Gasteiger partial charge in [0.25, 0.3) is 11.6 Å². The fourth-order valence-corrected chi connectivity index (χ4v) is 2.96. The Morgan fingerprint density at radius 3 is 2.40 bits per heavy atom. The van der Waals surface area contributed by atoms with Crippen LogP contribution in [-0.2, 0) is 4.79 Å². The van der Waals surface area contributed by atoms with E-state index in [1.807, 2.05) is 30.3 Å².